The largest absolute Gasteiger partial charge is 0.478 e. The maximum Gasteiger partial charge on any atom is 0.335 e. The second-order valence-corrected chi connectivity index (χ2v) is 6.00. The highest BCUT2D eigenvalue weighted by molar-refractivity contribution is 6.31. The summed E-state index contributed by atoms with van der Waals surface area (Å²) in [6, 6.07) is 11.8. The van der Waals surface area contributed by atoms with Gasteiger partial charge >= 0.3 is 5.97 Å². The maximum atomic E-state index is 12.4. The van der Waals surface area contributed by atoms with Crippen molar-refractivity contribution in [2.75, 3.05) is 25.5 Å². The van der Waals surface area contributed by atoms with Crippen LogP contribution in [0.4, 0.5) is 5.69 Å². The van der Waals surface area contributed by atoms with E-state index in [1.807, 2.05) is 25.1 Å². The Labute approximate surface area is 145 Å². The number of aromatic carboxylic acids is 1. The molecule has 2 aromatic carbocycles. The van der Waals surface area contributed by atoms with E-state index in [9.17, 15) is 9.59 Å². The van der Waals surface area contributed by atoms with E-state index in [1.54, 1.807) is 36.4 Å². The van der Waals surface area contributed by atoms with E-state index in [-0.39, 0.29) is 11.5 Å². The van der Waals surface area contributed by atoms with Crippen LogP contribution in [0.3, 0.4) is 0 Å². The van der Waals surface area contributed by atoms with Gasteiger partial charge in [-0.3, -0.25) is 4.79 Å². The van der Waals surface area contributed by atoms with Crippen molar-refractivity contribution < 1.29 is 14.7 Å². The number of benzene rings is 2. The number of halogens is 1. The molecule has 2 rings (SSSR count). The van der Waals surface area contributed by atoms with Crippen molar-refractivity contribution in [1.82, 2.24) is 5.32 Å². The molecule has 2 N–H and O–H groups in total. The zero-order chi connectivity index (χ0) is 17.7. The van der Waals surface area contributed by atoms with Gasteiger partial charge < -0.3 is 15.3 Å². The Balaban J connectivity index is 1.98. The summed E-state index contributed by atoms with van der Waals surface area (Å²) in [6.07, 6.45) is 0.615. The molecule has 5 nitrogen and oxygen atoms in total. The van der Waals surface area contributed by atoms with Gasteiger partial charge in [0.15, 0.2) is 0 Å². The van der Waals surface area contributed by atoms with Crippen LogP contribution in [0.25, 0.3) is 0 Å². The first-order valence-electron chi connectivity index (χ1n) is 7.46. The monoisotopic (exact) mass is 346 g/mol. The summed E-state index contributed by atoms with van der Waals surface area (Å²) in [5.74, 6) is -1.14. The lowest BCUT2D eigenvalue weighted by Crippen LogP contribution is -2.27. The third kappa shape index (κ3) is 4.49. The molecule has 0 aliphatic heterocycles. The number of carbonyl (C=O) groups is 2. The van der Waals surface area contributed by atoms with Gasteiger partial charge in [-0.25, -0.2) is 4.79 Å². The van der Waals surface area contributed by atoms with E-state index in [0.717, 1.165) is 11.3 Å². The van der Waals surface area contributed by atoms with E-state index in [4.69, 9.17) is 16.7 Å². The van der Waals surface area contributed by atoms with Gasteiger partial charge in [0.2, 0.25) is 0 Å². The number of carbonyl (C=O) groups excluding carboxylic acids is 1. The van der Waals surface area contributed by atoms with Crippen LogP contribution in [-0.4, -0.2) is 37.6 Å². The zero-order valence-corrected chi connectivity index (χ0v) is 14.3. The quantitative estimate of drug-likeness (QED) is 0.843. The second-order valence-electron chi connectivity index (χ2n) is 5.56. The van der Waals surface area contributed by atoms with E-state index in [0.29, 0.717) is 23.6 Å². The van der Waals surface area contributed by atoms with Crippen molar-refractivity contribution in [3.8, 4) is 0 Å². The Bertz CT molecular complexity index is 742. The van der Waals surface area contributed by atoms with Gasteiger partial charge in [0, 0.05) is 31.4 Å². The SMILES string of the molecule is CN(C)c1ccc(Cl)cc1C(=O)NCCc1ccc(C(=O)O)cc1. The predicted molar refractivity (Wildman–Crippen MR) is 95.2 cm³/mol. The average Bonchev–Trinajstić information content (AvgIpc) is 2.54. The molecule has 0 aliphatic rings. The number of nitrogens with one attached hydrogen (secondary N) is 1. The lowest BCUT2D eigenvalue weighted by atomic mass is 10.1. The highest BCUT2D eigenvalue weighted by Crippen LogP contribution is 2.22. The Morgan fingerprint density at radius 1 is 1.12 bits per heavy atom. The normalized spacial score (nSPS) is 10.3. The van der Waals surface area contributed by atoms with Crippen LogP contribution in [0, 0.1) is 0 Å². The molecule has 0 saturated carbocycles. The van der Waals surface area contributed by atoms with E-state index >= 15 is 0 Å². The molecular formula is C18H19ClN2O3. The molecule has 1 amide bonds. The molecule has 0 aliphatic carbocycles. The van der Waals surface area contributed by atoms with E-state index < -0.39 is 5.97 Å². The van der Waals surface area contributed by atoms with E-state index in [2.05, 4.69) is 5.32 Å². The van der Waals surface area contributed by atoms with Crippen molar-refractivity contribution in [3.63, 3.8) is 0 Å². The summed E-state index contributed by atoms with van der Waals surface area (Å²) in [5.41, 5.74) is 2.52. The third-order valence-corrected chi connectivity index (χ3v) is 3.82. The van der Waals surface area contributed by atoms with Crippen molar-refractivity contribution in [1.29, 1.82) is 0 Å². The van der Waals surface area contributed by atoms with Crippen LogP contribution in [0.5, 0.6) is 0 Å². The van der Waals surface area contributed by atoms with Crippen LogP contribution in [0.1, 0.15) is 26.3 Å². The van der Waals surface area contributed by atoms with Crippen molar-refractivity contribution in [3.05, 3.63) is 64.2 Å². The van der Waals surface area contributed by atoms with Crippen LogP contribution >= 0.6 is 11.6 Å². The number of anilines is 1. The number of amides is 1. The topological polar surface area (TPSA) is 69.6 Å². The Morgan fingerprint density at radius 2 is 1.79 bits per heavy atom. The smallest absolute Gasteiger partial charge is 0.335 e. The minimum atomic E-state index is -0.952. The Kier molecular flexibility index (Phi) is 5.82. The fourth-order valence-electron chi connectivity index (χ4n) is 2.31. The van der Waals surface area contributed by atoms with Gasteiger partial charge in [0.25, 0.3) is 5.91 Å². The number of carboxylic acid groups (broad SMARTS) is 1. The molecule has 24 heavy (non-hydrogen) atoms. The van der Waals surface area contributed by atoms with Crippen molar-refractivity contribution in [2.24, 2.45) is 0 Å². The predicted octanol–water partition coefficient (Wildman–Crippen LogP) is 3.08. The number of rotatable bonds is 6. The van der Waals surface area contributed by atoms with E-state index in [1.165, 1.54) is 0 Å². The lowest BCUT2D eigenvalue weighted by molar-refractivity contribution is 0.0696. The lowest BCUT2D eigenvalue weighted by Gasteiger charge is -2.17. The average molecular weight is 347 g/mol. The standard InChI is InChI=1S/C18H19ClN2O3/c1-21(2)16-8-7-14(19)11-15(16)17(22)20-10-9-12-3-5-13(6-4-12)18(23)24/h3-8,11H,9-10H2,1-2H3,(H,20,22)(H,23,24). The Morgan fingerprint density at radius 3 is 2.38 bits per heavy atom. The van der Waals surface area contributed by atoms with Gasteiger partial charge in [-0.1, -0.05) is 23.7 Å². The second kappa shape index (κ2) is 7.84. The molecule has 0 saturated heterocycles. The fourth-order valence-corrected chi connectivity index (χ4v) is 2.48. The van der Waals surface area contributed by atoms with Gasteiger partial charge in [-0.05, 0) is 42.3 Å². The summed E-state index contributed by atoms with van der Waals surface area (Å²) in [7, 11) is 3.73. The number of nitrogens with zero attached hydrogens (tertiary/aromatic N) is 1. The minimum Gasteiger partial charge on any atom is -0.478 e. The first-order valence-corrected chi connectivity index (χ1v) is 7.83. The van der Waals surface area contributed by atoms with Gasteiger partial charge in [-0.15, -0.1) is 0 Å². The summed E-state index contributed by atoms with van der Waals surface area (Å²) in [6.45, 7) is 0.449. The molecule has 0 radical (unpaired) electrons. The number of hydrogen-bond donors (Lipinski definition) is 2. The third-order valence-electron chi connectivity index (χ3n) is 3.59. The summed E-state index contributed by atoms with van der Waals surface area (Å²) in [4.78, 5) is 25.1. The highest BCUT2D eigenvalue weighted by atomic mass is 35.5. The minimum absolute atomic E-state index is 0.191. The van der Waals surface area contributed by atoms with Crippen molar-refractivity contribution in [2.45, 2.75) is 6.42 Å². The highest BCUT2D eigenvalue weighted by Gasteiger charge is 2.13. The van der Waals surface area contributed by atoms with Crippen LogP contribution < -0.4 is 10.2 Å². The molecule has 0 unspecified atom stereocenters. The molecular weight excluding hydrogens is 328 g/mol. The van der Waals surface area contributed by atoms with Gasteiger partial charge in [-0.2, -0.15) is 0 Å². The molecule has 126 valence electrons. The molecule has 0 spiro atoms. The number of carboxylic acids is 1. The summed E-state index contributed by atoms with van der Waals surface area (Å²) in [5, 5.41) is 12.2. The summed E-state index contributed by atoms with van der Waals surface area (Å²) >= 11 is 5.99. The van der Waals surface area contributed by atoms with Gasteiger partial charge in [0.05, 0.1) is 11.1 Å². The molecule has 2 aromatic rings. The Hall–Kier alpha value is -2.53. The summed E-state index contributed by atoms with van der Waals surface area (Å²) < 4.78 is 0. The molecule has 0 atom stereocenters. The van der Waals surface area contributed by atoms with Crippen LogP contribution in [-0.2, 0) is 6.42 Å². The zero-order valence-electron chi connectivity index (χ0n) is 13.5. The molecule has 6 heteroatoms. The van der Waals surface area contributed by atoms with Crippen LogP contribution in [0.15, 0.2) is 42.5 Å². The molecule has 0 heterocycles. The van der Waals surface area contributed by atoms with Crippen molar-refractivity contribution >= 4 is 29.2 Å². The maximum absolute atomic E-state index is 12.4. The molecule has 0 fully saturated rings. The molecule has 0 aromatic heterocycles. The first kappa shape index (κ1) is 17.8. The van der Waals surface area contributed by atoms with Crippen LogP contribution in [0.2, 0.25) is 5.02 Å². The fraction of sp³-hybridized carbons (Fsp3) is 0.222. The molecule has 0 bridgehead atoms. The number of hydrogen-bond acceptors (Lipinski definition) is 3. The first-order chi connectivity index (χ1) is 11.4. The van der Waals surface area contributed by atoms with Gasteiger partial charge in [0.1, 0.15) is 0 Å².